The lowest BCUT2D eigenvalue weighted by molar-refractivity contribution is -0.137. The summed E-state index contributed by atoms with van der Waals surface area (Å²) >= 11 is 0. The van der Waals surface area contributed by atoms with E-state index in [1.54, 1.807) is 0 Å². The summed E-state index contributed by atoms with van der Waals surface area (Å²) in [5, 5.41) is 5.38. The Hall–Kier alpha value is -1.67. The van der Waals surface area contributed by atoms with Crippen LogP contribution in [0.3, 0.4) is 0 Å². The maximum atomic E-state index is 12.3. The first-order valence-corrected chi connectivity index (χ1v) is 5.63. The Balaban J connectivity index is 1.97. The van der Waals surface area contributed by atoms with Gasteiger partial charge in [0.05, 0.1) is 12.2 Å². The number of pyridine rings is 1. The summed E-state index contributed by atoms with van der Waals surface area (Å²) < 4.78 is 42.2. The third kappa shape index (κ3) is 3.65. The molecule has 2 rings (SSSR count). The van der Waals surface area contributed by atoms with Crippen LogP contribution in [0.5, 0.6) is 0 Å². The van der Waals surface area contributed by atoms with Crippen LogP contribution in [-0.2, 0) is 15.7 Å². The molecule has 5 nitrogen and oxygen atoms in total. The number of ether oxygens (including phenoxy) is 1. The molecule has 0 bridgehead atoms. The summed E-state index contributed by atoms with van der Waals surface area (Å²) in [5.41, 5.74) is -0.860. The molecular weight excluding hydrogens is 263 g/mol. The van der Waals surface area contributed by atoms with Gasteiger partial charge in [-0.3, -0.25) is 4.79 Å². The van der Waals surface area contributed by atoms with Gasteiger partial charge in [-0.05, 0) is 12.1 Å². The largest absolute Gasteiger partial charge is 0.417 e. The summed E-state index contributed by atoms with van der Waals surface area (Å²) in [7, 11) is 0. The predicted molar refractivity (Wildman–Crippen MR) is 60.5 cm³/mol. The second-order valence-corrected chi connectivity index (χ2v) is 3.98. The van der Waals surface area contributed by atoms with Gasteiger partial charge in [-0.2, -0.15) is 13.2 Å². The topological polar surface area (TPSA) is 63.2 Å². The maximum absolute atomic E-state index is 12.3. The Labute approximate surface area is 107 Å². The van der Waals surface area contributed by atoms with Crippen LogP contribution in [0, 0.1) is 0 Å². The van der Waals surface area contributed by atoms with Crippen molar-refractivity contribution in [3.63, 3.8) is 0 Å². The average molecular weight is 275 g/mol. The third-order valence-corrected chi connectivity index (χ3v) is 2.56. The van der Waals surface area contributed by atoms with E-state index in [1.165, 1.54) is 0 Å². The number of halogens is 3. The van der Waals surface area contributed by atoms with Crippen LogP contribution in [0.4, 0.5) is 19.0 Å². The second kappa shape index (κ2) is 5.54. The van der Waals surface area contributed by atoms with Crippen molar-refractivity contribution in [1.29, 1.82) is 0 Å². The number of nitrogens with one attached hydrogen (secondary N) is 2. The highest BCUT2D eigenvalue weighted by Gasteiger charge is 2.30. The zero-order valence-corrected chi connectivity index (χ0v) is 9.83. The van der Waals surface area contributed by atoms with Gasteiger partial charge in [0.15, 0.2) is 0 Å². The fourth-order valence-electron chi connectivity index (χ4n) is 1.58. The number of aromatic nitrogens is 1. The molecule has 0 radical (unpaired) electrons. The van der Waals surface area contributed by atoms with Crippen molar-refractivity contribution in [1.82, 2.24) is 10.3 Å². The molecule has 1 atom stereocenters. The highest BCUT2D eigenvalue weighted by molar-refractivity contribution is 5.93. The van der Waals surface area contributed by atoms with Crippen LogP contribution in [0.2, 0.25) is 0 Å². The van der Waals surface area contributed by atoms with E-state index < -0.39 is 23.8 Å². The van der Waals surface area contributed by atoms with Gasteiger partial charge in [0, 0.05) is 19.3 Å². The lowest BCUT2D eigenvalue weighted by atomic mass is 10.2. The summed E-state index contributed by atoms with van der Waals surface area (Å²) in [4.78, 5) is 15.3. The second-order valence-electron chi connectivity index (χ2n) is 3.98. The zero-order chi connectivity index (χ0) is 13.9. The molecular formula is C11H12F3N3O2. The van der Waals surface area contributed by atoms with E-state index in [4.69, 9.17) is 4.74 Å². The number of anilines is 1. The van der Waals surface area contributed by atoms with Gasteiger partial charge >= 0.3 is 6.18 Å². The quantitative estimate of drug-likeness (QED) is 0.846. The Morgan fingerprint density at radius 1 is 1.47 bits per heavy atom. The van der Waals surface area contributed by atoms with Crippen molar-refractivity contribution in [2.75, 3.05) is 25.0 Å². The van der Waals surface area contributed by atoms with Crippen molar-refractivity contribution in [3.05, 3.63) is 23.9 Å². The Kier molecular flexibility index (Phi) is 4.01. The molecule has 8 heteroatoms. The van der Waals surface area contributed by atoms with Crippen molar-refractivity contribution in [3.8, 4) is 0 Å². The van der Waals surface area contributed by atoms with Gasteiger partial charge in [-0.15, -0.1) is 0 Å². The zero-order valence-electron chi connectivity index (χ0n) is 9.83. The molecule has 0 spiro atoms. The predicted octanol–water partition coefficient (Wildman–Crippen LogP) is 1.03. The summed E-state index contributed by atoms with van der Waals surface area (Å²) in [6.07, 6.45) is -4.42. The molecule has 0 aromatic carbocycles. The minimum atomic E-state index is -4.44. The van der Waals surface area contributed by atoms with Crippen LogP contribution in [-0.4, -0.2) is 36.7 Å². The summed E-state index contributed by atoms with van der Waals surface area (Å²) in [6, 6.07) is 1.97. The van der Waals surface area contributed by atoms with E-state index in [0.717, 1.165) is 12.1 Å². The molecule has 2 N–H and O–H groups in total. The fourth-order valence-corrected chi connectivity index (χ4v) is 1.58. The number of morpholine rings is 1. The third-order valence-electron chi connectivity index (χ3n) is 2.56. The molecule has 1 aliphatic heterocycles. The first-order chi connectivity index (χ1) is 8.97. The fraction of sp³-hybridized carbons (Fsp3) is 0.455. The SMILES string of the molecule is O=C(Nc1ccc(C(F)(F)F)cn1)C1CNCCO1. The van der Waals surface area contributed by atoms with Crippen LogP contribution < -0.4 is 10.6 Å². The van der Waals surface area contributed by atoms with Crippen molar-refractivity contribution in [2.45, 2.75) is 12.3 Å². The normalized spacial score (nSPS) is 20.1. The minimum Gasteiger partial charge on any atom is -0.366 e. The number of alkyl halides is 3. The lowest BCUT2D eigenvalue weighted by Gasteiger charge is -2.22. The number of amides is 1. The minimum absolute atomic E-state index is 0.0622. The molecule has 1 aromatic heterocycles. The number of nitrogens with zero attached hydrogens (tertiary/aromatic N) is 1. The van der Waals surface area contributed by atoms with E-state index in [2.05, 4.69) is 15.6 Å². The number of carbonyl (C=O) groups is 1. The number of rotatable bonds is 2. The lowest BCUT2D eigenvalue weighted by Crippen LogP contribution is -2.45. The maximum Gasteiger partial charge on any atom is 0.417 e. The van der Waals surface area contributed by atoms with Crippen LogP contribution in [0.25, 0.3) is 0 Å². The van der Waals surface area contributed by atoms with Crippen molar-refractivity contribution >= 4 is 11.7 Å². The molecule has 104 valence electrons. The van der Waals surface area contributed by atoms with Crippen LogP contribution in [0.1, 0.15) is 5.56 Å². The average Bonchev–Trinajstić information content (AvgIpc) is 2.39. The van der Waals surface area contributed by atoms with E-state index in [9.17, 15) is 18.0 Å². The van der Waals surface area contributed by atoms with Gasteiger partial charge in [0.1, 0.15) is 11.9 Å². The standard InChI is InChI=1S/C11H12F3N3O2/c12-11(13,14)7-1-2-9(16-5-7)17-10(18)8-6-15-3-4-19-8/h1-2,5,8,15H,3-4,6H2,(H,16,17,18). The molecule has 1 aliphatic rings. The molecule has 19 heavy (non-hydrogen) atoms. The first-order valence-electron chi connectivity index (χ1n) is 5.63. The van der Waals surface area contributed by atoms with E-state index in [1.807, 2.05) is 0 Å². The van der Waals surface area contributed by atoms with Gasteiger partial charge in [0.2, 0.25) is 0 Å². The van der Waals surface area contributed by atoms with E-state index in [-0.39, 0.29) is 5.82 Å². The van der Waals surface area contributed by atoms with Gasteiger partial charge in [0.25, 0.3) is 5.91 Å². The van der Waals surface area contributed by atoms with Crippen LogP contribution in [0.15, 0.2) is 18.3 Å². The van der Waals surface area contributed by atoms with Crippen LogP contribution >= 0.6 is 0 Å². The van der Waals surface area contributed by atoms with Gasteiger partial charge in [-0.1, -0.05) is 0 Å². The Morgan fingerprint density at radius 2 is 2.26 bits per heavy atom. The van der Waals surface area contributed by atoms with E-state index >= 15 is 0 Å². The molecule has 1 amide bonds. The molecule has 0 saturated carbocycles. The number of hydrogen-bond donors (Lipinski definition) is 2. The Morgan fingerprint density at radius 3 is 2.79 bits per heavy atom. The van der Waals surface area contributed by atoms with E-state index in [0.29, 0.717) is 25.9 Å². The highest BCUT2D eigenvalue weighted by atomic mass is 19.4. The first kappa shape index (κ1) is 13.8. The summed E-state index contributed by atoms with van der Waals surface area (Å²) in [6.45, 7) is 1.45. The molecule has 2 heterocycles. The molecule has 1 unspecified atom stereocenters. The summed E-state index contributed by atoms with van der Waals surface area (Å²) in [5.74, 6) is -0.369. The highest BCUT2D eigenvalue weighted by Crippen LogP contribution is 2.28. The number of hydrogen-bond acceptors (Lipinski definition) is 4. The van der Waals surface area contributed by atoms with Gasteiger partial charge < -0.3 is 15.4 Å². The molecule has 1 fully saturated rings. The number of carbonyl (C=O) groups excluding carboxylic acids is 1. The smallest absolute Gasteiger partial charge is 0.366 e. The van der Waals surface area contributed by atoms with Crippen molar-refractivity contribution in [2.24, 2.45) is 0 Å². The Bertz CT molecular complexity index is 441. The van der Waals surface area contributed by atoms with Crippen molar-refractivity contribution < 1.29 is 22.7 Å². The molecule has 0 aliphatic carbocycles. The van der Waals surface area contributed by atoms with Gasteiger partial charge in [-0.25, -0.2) is 4.98 Å². The molecule has 1 aromatic rings. The monoisotopic (exact) mass is 275 g/mol. The molecule has 1 saturated heterocycles.